The van der Waals surface area contributed by atoms with Crippen LogP contribution in [0.25, 0.3) is 0 Å². The second-order valence-corrected chi connectivity index (χ2v) is 4.10. The van der Waals surface area contributed by atoms with Crippen molar-refractivity contribution in [3.63, 3.8) is 0 Å². The zero-order valence-electron chi connectivity index (χ0n) is 9.31. The first-order chi connectivity index (χ1) is 6.31. The van der Waals surface area contributed by atoms with Crippen LogP contribution in [-0.2, 0) is 4.74 Å². The minimum atomic E-state index is 0.646. The van der Waals surface area contributed by atoms with Crippen molar-refractivity contribution < 1.29 is 4.74 Å². The molecule has 2 fully saturated rings. The van der Waals surface area contributed by atoms with Gasteiger partial charge in [0.05, 0.1) is 0 Å². The normalized spacial score (nSPS) is 27.0. The third-order valence-electron chi connectivity index (χ3n) is 3.18. The standard InChI is InChI=1S/C9H17NO.C2H6/c1-10-5-2-9(8-10)3-6-11-7-4-9;1-2/h2-8H2,1H3;1-2H3. The Labute approximate surface area is 82.3 Å². The molecule has 0 atom stereocenters. The number of rotatable bonds is 0. The highest BCUT2D eigenvalue weighted by molar-refractivity contribution is 4.89. The van der Waals surface area contributed by atoms with E-state index in [2.05, 4.69) is 11.9 Å². The number of nitrogens with zero attached hydrogens (tertiary/aromatic N) is 1. The van der Waals surface area contributed by atoms with Crippen molar-refractivity contribution in [2.45, 2.75) is 33.1 Å². The van der Waals surface area contributed by atoms with E-state index in [1.165, 1.54) is 32.4 Å². The average molecular weight is 185 g/mol. The fraction of sp³-hybridized carbons (Fsp3) is 1.00. The molecule has 2 nitrogen and oxygen atoms in total. The Morgan fingerprint density at radius 1 is 1.08 bits per heavy atom. The molecule has 2 heteroatoms. The van der Waals surface area contributed by atoms with Gasteiger partial charge in [-0.2, -0.15) is 0 Å². The van der Waals surface area contributed by atoms with E-state index in [9.17, 15) is 0 Å². The third kappa shape index (κ3) is 2.68. The largest absolute Gasteiger partial charge is 0.381 e. The molecule has 0 aromatic heterocycles. The summed E-state index contributed by atoms with van der Waals surface area (Å²) < 4.78 is 5.37. The molecule has 0 unspecified atom stereocenters. The summed E-state index contributed by atoms with van der Waals surface area (Å²) in [4.78, 5) is 2.45. The molecule has 2 aliphatic heterocycles. The summed E-state index contributed by atoms with van der Waals surface area (Å²) in [5.41, 5.74) is 0.646. The third-order valence-corrected chi connectivity index (χ3v) is 3.18. The molecule has 0 saturated carbocycles. The summed E-state index contributed by atoms with van der Waals surface area (Å²) in [6.07, 6.45) is 3.97. The smallest absolute Gasteiger partial charge is 0.0471 e. The van der Waals surface area contributed by atoms with Gasteiger partial charge in [0.15, 0.2) is 0 Å². The van der Waals surface area contributed by atoms with Crippen molar-refractivity contribution in [1.82, 2.24) is 4.90 Å². The second kappa shape index (κ2) is 4.97. The maximum absolute atomic E-state index is 5.37. The van der Waals surface area contributed by atoms with Gasteiger partial charge in [-0.3, -0.25) is 0 Å². The van der Waals surface area contributed by atoms with Gasteiger partial charge in [0, 0.05) is 19.8 Å². The van der Waals surface area contributed by atoms with E-state index in [1.54, 1.807) is 0 Å². The molecular weight excluding hydrogens is 162 g/mol. The first-order valence-corrected chi connectivity index (χ1v) is 5.57. The molecule has 0 aliphatic carbocycles. The van der Waals surface area contributed by atoms with Gasteiger partial charge in [-0.25, -0.2) is 0 Å². The molecule has 0 aromatic carbocycles. The van der Waals surface area contributed by atoms with Crippen molar-refractivity contribution in [3.05, 3.63) is 0 Å². The van der Waals surface area contributed by atoms with Crippen molar-refractivity contribution >= 4 is 0 Å². The van der Waals surface area contributed by atoms with E-state index in [4.69, 9.17) is 4.74 Å². The van der Waals surface area contributed by atoms with E-state index in [1.807, 2.05) is 13.8 Å². The van der Waals surface area contributed by atoms with E-state index in [0.29, 0.717) is 5.41 Å². The molecule has 0 aromatic rings. The Balaban J connectivity index is 0.000000396. The molecule has 2 saturated heterocycles. The van der Waals surface area contributed by atoms with Crippen molar-refractivity contribution in [2.24, 2.45) is 5.41 Å². The molecule has 0 amide bonds. The van der Waals surface area contributed by atoms with Gasteiger partial charge in [0.2, 0.25) is 0 Å². The van der Waals surface area contributed by atoms with Crippen LogP contribution in [0.5, 0.6) is 0 Å². The summed E-state index contributed by atoms with van der Waals surface area (Å²) in [5, 5.41) is 0. The molecule has 0 N–H and O–H groups in total. The lowest BCUT2D eigenvalue weighted by Crippen LogP contribution is -2.31. The van der Waals surface area contributed by atoms with Gasteiger partial charge in [-0.1, -0.05) is 13.8 Å². The summed E-state index contributed by atoms with van der Waals surface area (Å²) in [7, 11) is 2.23. The van der Waals surface area contributed by atoms with Crippen LogP contribution >= 0.6 is 0 Å². The first-order valence-electron chi connectivity index (χ1n) is 5.57. The highest BCUT2D eigenvalue weighted by Crippen LogP contribution is 2.38. The SMILES string of the molecule is CC.CN1CCC2(CCOCC2)C1. The van der Waals surface area contributed by atoms with E-state index in [0.717, 1.165) is 13.2 Å². The zero-order valence-corrected chi connectivity index (χ0v) is 9.31. The van der Waals surface area contributed by atoms with E-state index >= 15 is 0 Å². The monoisotopic (exact) mass is 185 g/mol. The van der Waals surface area contributed by atoms with Crippen LogP contribution in [0, 0.1) is 5.41 Å². The molecular formula is C11H23NO. The number of hydrogen-bond acceptors (Lipinski definition) is 2. The summed E-state index contributed by atoms with van der Waals surface area (Å²) in [6.45, 7) is 8.58. The van der Waals surface area contributed by atoms with Crippen LogP contribution in [0.3, 0.4) is 0 Å². The Bertz CT molecular complexity index is 136. The predicted molar refractivity (Wildman–Crippen MR) is 55.9 cm³/mol. The predicted octanol–water partition coefficient (Wildman–Crippen LogP) is 2.14. The van der Waals surface area contributed by atoms with Crippen LogP contribution in [-0.4, -0.2) is 38.3 Å². The molecule has 0 radical (unpaired) electrons. The summed E-state index contributed by atoms with van der Waals surface area (Å²) in [5.74, 6) is 0. The van der Waals surface area contributed by atoms with Crippen molar-refractivity contribution in [3.8, 4) is 0 Å². The highest BCUT2D eigenvalue weighted by atomic mass is 16.5. The summed E-state index contributed by atoms with van der Waals surface area (Å²) in [6, 6.07) is 0. The second-order valence-electron chi connectivity index (χ2n) is 4.10. The molecule has 78 valence electrons. The Hall–Kier alpha value is -0.0800. The minimum absolute atomic E-state index is 0.646. The first kappa shape index (κ1) is 11.0. The van der Waals surface area contributed by atoms with Gasteiger partial charge in [-0.15, -0.1) is 0 Å². The Morgan fingerprint density at radius 3 is 2.15 bits per heavy atom. The maximum atomic E-state index is 5.37. The van der Waals surface area contributed by atoms with Crippen LogP contribution in [0.2, 0.25) is 0 Å². The maximum Gasteiger partial charge on any atom is 0.0471 e. The highest BCUT2D eigenvalue weighted by Gasteiger charge is 2.37. The minimum Gasteiger partial charge on any atom is -0.381 e. The molecule has 2 aliphatic rings. The number of hydrogen-bond donors (Lipinski definition) is 0. The van der Waals surface area contributed by atoms with Gasteiger partial charge in [0.1, 0.15) is 0 Å². The Kier molecular flexibility index (Phi) is 4.20. The van der Waals surface area contributed by atoms with Gasteiger partial charge >= 0.3 is 0 Å². The molecule has 1 spiro atoms. The van der Waals surface area contributed by atoms with Crippen LogP contribution in [0.4, 0.5) is 0 Å². The molecule has 2 heterocycles. The van der Waals surface area contributed by atoms with Crippen molar-refractivity contribution in [1.29, 1.82) is 0 Å². The molecule has 2 rings (SSSR count). The van der Waals surface area contributed by atoms with Crippen molar-refractivity contribution in [2.75, 3.05) is 33.4 Å². The molecule has 13 heavy (non-hydrogen) atoms. The van der Waals surface area contributed by atoms with Crippen LogP contribution < -0.4 is 0 Å². The summed E-state index contributed by atoms with van der Waals surface area (Å²) >= 11 is 0. The zero-order chi connectivity index (χ0) is 9.73. The van der Waals surface area contributed by atoms with Crippen LogP contribution in [0.1, 0.15) is 33.1 Å². The topological polar surface area (TPSA) is 12.5 Å². The van der Waals surface area contributed by atoms with Gasteiger partial charge in [-0.05, 0) is 38.3 Å². The number of ether oxygens (including phenoxy) is 1. The fourth-order valence-corrected chi connectivity index (χ4v) is 2.37. The Morgan fingerprint density at radius 2 is 1.69 bits per heavy atom. The molecule has 0 bridgehead atoms. The lowest BCUT2D eigenvalue weighted by Gasteiger charge is -2.32. The number of likely N-dealkylation sites (tertiary alicyclic amines) is 1. The fourth-order valence-electron chi connectivity index (χ4n) is 2.37. The van der Waals surface area contributed by atoms with Gasteiger partial charge < -0.3 is 9.64 Å². The van der Waals surface area contributed by atoms with E-state index in [-0.39, 0.29) is 0 Å². The lowest BCUT2D eigenvalue weighted by atomic mass is 9.80. The average Bonchev–Trinajstić information content (AvgIpc) is 2.52. The van der Waals surface area contributed by atoms with E-state index < -0.39 is 0 Å². The quantitative estimate of drug-likeness (QED) is 0.573. The van der Waals surface area contributed by atoms with Gasteiger partial charge in [0.25, 0.3) is 0 Å². The lowest BCUT2D eigenvalue weighted by molar-refractivity contribution is 0.0205. The van der Waals surface area contributed by atoms with Crippen LogP contribution in [0.15, 0.2) is 0 Å².